The molecule has 1 aliphatic carbocycles. The first-order valence-electron chi connectivity index (χ1n) is 7.48. The molecule has 1 N–H and O–H groups in total. The maximum Gasteiger partial charge on any atom is 0.206 e. The molecule has 1 aromatic heterocycles. The van der Waals surface area contributed by atoms with Gasteiger partial charge in [-0.25, -0.2) is 13.4 Å². The average Bonchev–Trinajstić information content (AvgIpc) is 3.01. The van der Waals surface area contributed by atoms with Gasteiger partial charge in [0.25, 0.3) is 0 Å². The van der Waals surface area contributed by atoms with Crippen molar-refractivity contribution in [3.05, 3.63) is 36.2 Å². The molecule has 1 aliphatic rings. The van der Waals surface area contributed by atoms with Crippen molar-refractivity contribution >= 4 is 32.2 Å². The second-order valence-electron chi connectivity index (χ2n) is 5.64. The number of aromatic nitrogens is 2. The van der Waals surface area contributed by atoms with Gasteiger partial charge in [-0.05, 0) is 30.5 Å². The lowest BCUT2D eigenvalue weighted by Crippen LogP contribution is -2.25. The molecule has 0 spiro atoms. The lowest BCUT2D eigenvalue weighted by atomic mass is 10.0. The van der Waals surface area contributed by atoms with Crippen LogP contribution in [0.25, 0.3) is 0 Å². The minimum atomic E-state index is -3.07. The Morgan fingerprint density at radius 1 is 1.23 bits per heavy atom. The third-order valence-corrected chi connectivity index (χ3v) is 6.77. The first-order valence-corrected chi connectivity index (χ1v) is 9.96. The van der Waals surface area contributed by atoms with E-state index in [4.69, 9.17) is 0 Å². The topological polar surface area (TPSA) is 72.0 Å². The monoisotopic (exact) mass is 337 g/mol. The van der Waals surface area contributed by atoms with Gasteiger partial charge in [-0.15, -0.1) is 0 Å². The minimum Gasteiger partial charge on any atom is -0.330 e. The summed E-state index contributed by atoms with van der Waals surface area (Å²) in [5.41, 5.74) is 1.66. The predicted octanol–water partition coefficient (Wildman–Crippen LogP) is 3.53. The molecule has 1 aromatic carbocycles. The largest absolute Gasteiger partial charge is 0.330 e. The molecule has 0 radical (unpaired) electrons. The maximum absolute atomic E-state index is 12.5. The number of hydrogen-bond donors (Lipinski definition) is 1. The summed E-state index contributed by atoms with van der Waals surface area (Å²) in [5.74, 6) is 0.114. The fraction of sp³-hybridized carbons (Fsp3) is 0.467. The van der Waals surface area contributed by atoms with Crippen molar-refractivity contribution in [1.82, 2.24) is 9.36 Å². The quantitative estimate of drug-likeness (QED) is 0.903. The molecule has 0 atom stereocenters. The maximum atomic E-state index is 12.5. The molecule has 0 bridgehead atoms. The Kier molecular flexibility index (Phi) is 4.73. The summed E-state index contributed by atoms with van der Waals surface area (Å²) in [6, 6.07) is 7.51. The van der Waals surface area contributed by atoms with E-state index in [9.17, 15) is 8.42 Å². The molecule has 0 aliphatic heterocycles. The molecule has 22 heavy (non-hydrogen) atoms. The highest BCUT2D eigenvalue weighted by atomic mass is 32.2. The van der Waals surface area contributed by atoms with E-state index in [2.05, 4.69) is 14.7 Å². The highest BCUT2D eigenvalue weighted by molar-refractivity contribution is 7.91. The van der Waals surface area contributed by atoms with Crippen LogP contribution in [-0.2, 0) is 15.6 Å². The van der Waals surface area contributed by atoms with Crippen molar-refractivity contribution in [2.24, 2.45) is 0 Å². The molecular weight excluding hydrogens is 318 g/mol. The molecule has 1 heterocycles. The Labute approximate surface area is 134 Å². The highest BCUT2D eigenvalue weighted by Gasteiger charge is 2.27. The molecule has 0 saturated heterocycles. The molecule has 0 amide bonds. The van der Waals surface area contributed by atoms with E-state index in [-0.39, 0.29) is 11.0 Å². The third kappa shape index (κ3) is 3.84. The first-order chi connectivity index (χ1) is 10.6. The van der Waals surface area contributed by atoms with Crippen molar-refractivity contribution in [2.75, 3.05) is 5.32 Å². The van der Waals surface area contributed by atoms with Crippen LogP contribution in [-0.4, -0.2) is 23.0 Å². The molecule has 5 nitrogen and oxygen atoms in total. The van der Waals surface area contributed by atoms with Crippen molar-refractivity contribution < 1.29 is 8.42 Å². The third-order valence-electron chi connectivity index (χ3n) is 3.97. The normalized spacial score (nSPS) is 16.5. The summed E-state index contributed by atoms with van der Waals surface area (Å²) in [6.07, 6.45) is 6.33. The fourth-order valence-corrected chi connectivity index (χ4v) is 5.25. The lowest BCUT2D eigenvalue weighted by molar-refractivity contribution is 0.483. The fourth-order valence-electron chi connectivity index (χ4n) is 2.86. The minimum absolute atomic E-state index is 0.114. The molecule has 118 valence electrons. The van der Waals surface area contributed by atoms with Crippen molar-refractivity contribution in [2.45, 2.75) is 43.1 Å². The zero-order chi connectivity index (χ0) is 15.4. The number of anilines is 2. The van der Waals surface area contributed by atoms with E-state index in [0.717, 1.165) is 43.4 Å². The van der Waals surface area contributed by atoms with Gasteiger partial charge >= 0.3 is 0 Å². The van der Waals surface area contributed by atoms with Gasteiger partial charge in [-0.1, -0.05) is 31.4 Å². The number of rotatable bonds is 5. The molecule has 2 aromatic rings. The summed E-state index contributed by atoms with van der Waals surface area (Å²) in [7, 11) is -3.07. The van der Waals surface area contributed by atoms with Crippen LogP contribution in [0.15, 0.2) is 30.6 Å². The molecule has 1 fully saturated rings. The van der Waals surface area contributed by atoms with Gasteiger partial charge in [-0.3, -0.25) is 0 Å². The number of sulfone groups is 1. The Balaban J connectivity index is 1.72. The van der Waals surface area contributed by atoms with Crippen molar-refractivity contribution in [3.8, 4) is 0 Å². The van der Waals surface area contributed by atoms with Crippen LogP contribution >= 0.6 is 11.5 Å². The van der Waals surface area contributed by atoms with Crippen LogP contribution in [0.5, 0.6) is 0 Å². The second-order valence-corrected chi connectivity index (χ2v) is 8.70. The van der Waals surface area contributed by atoms with Gasteiger partial charge in [-0.2, -0.15) is 4.37 Å². The molecule has 7 heteroatoms. The number of hydrogen-bond acceptors (Lipinski definition) is 6. The number of nitrogens with one attached hydrogen (secondary N) is 1. The SMILES string of the molecule is O=S(=O)(Cc1cccc(Nc2ncns2)c1)C1CCCCC1. The van der Waals surface area contributed by atoms with Crippen LogP contribution < -0.4 is 5.32 Å². The van der Waals surface area contributed by atoms with E-state index >= 15 is 0 Å². The Bertz CT molecular complexity index is 708. The van der Waals surface area contributed by atoms with Gasteiger partial charge in [0.05, 0.1) is 11.0 Å². The zero-order valence-electron chi connectivity index (χ0n) is 12.2. The van der Waals surface area contributed by atoms with Crippen molar-refractivity contribution in [3.63, 3.8) is 0 Å². The Hall–Kier alpha value is -1.47. The standard InChI is InChI=1S/C15H19N3O2S2/c19-22(20,14-7-2-1-3-8-14)10-12-5-4-6-13(9-12)18-15-16-11-17-21-15/h4-6,9,11,14H,1-3,7-8,10H2,(H,16,17,18). The smallest absolute Gasteiger partial charge is 0.206 e. The molecule has 1 saturated carbocycles. The summed E-state index contributed by atoms with van der Waals surface area (Å²) in [4.78, 5) is 4.07. The summed E-state index contributed by atoms with van der Waals surface area (Å²) < 4.78 is 29.0. The van der Waals surface area contributed by atoms with Gasteiger partial charge in [0.1, 0.15) is 6.33 Å². The van der Waals surface area contributed by atoms with E-state index in [0.29, 0.717) is 5.13 Å². The van der Waals surface area contributed by atoms with E-state index in [1.165, 1.54) is 17.9 Å². The van der Waals surface area contributed by atoms with E-state index in [1.807, 2.05) is 24.3 Å². The van der Waals surface area contributed by atoms with Crippen LogP contribution in [0.4, 0.5) is 10.8 Å². The van der Waals surface area contributed by atoms with Crippen LogP contribution in [0.3, 0.4) is 0 Å². The summed E-state index contributed by atoms with van der Waals surface area (Å²) >= 11 is 1.27. The van der Waals surface area contributed by atoms with Crippen molar-refractivity contribution in [1.29, 1.82) is 0 Å². The Morgan fingerprint density at radius 3 is 2.77 bits per heavy atom. The van der Waals surface area contributed by atoms with E-state index in [1.54, 1.807) is 0 Å². The van der Waals surface area contributed by atoms with Crippen LogP contribution in [0.2, 0.25) is 0 Å². The lowest BCUT2D eigenvalue weighted by Gasteiger charge is -2.21. The number of nitrogens with zero attached hydrogens (tertiary/aromatic N) is 2. The average molecular weight is 337 g/mol. The molecule has 3 rings (SSSR count). The number of benzene rings is 1. The van der Waals surface area contributed by atoms with Gasteiger partial charge < -0.3 is 5.32 Å². The zero-order valence-corrected chi connectivity index (χ0v) is 13.9. The summed E-state index contributed by atoms with van der Waals surface area (Å²) in [6.45, 7) is 0. The summed E-state index contributed by atoms with van der Waals surface area (Å²) in [5, 5.41) is 3.68. The first kappa shape index (κ1) is 15.4. The van der Waals surface area contributed by atoms with E-state index < -0.39 is 9.84 Å². The van der Waals surface area contributed by atoms with Gasteiger partial charge in [0.15, 0.2) is 9.84 Å². The van der Waals surface area contributed by atoms with Crippen LogP contribution in [0.1, 0.15) is 37.7 Å². The molecular formula is C15H19N3O2S2. The van der Waals surface area contributed by atoms with Crippen LogP contribution in [0, 0.1) is 0 Å². The second kappa shape index (κ2) is 6.75. The highest BCUT2D eigenvalue weighted by Crippen LogP contribution is 2.27. The van der Waals surface area contributed by atoms with Gasteiger partial charge in [0.2, 0.25) is 5.13 Å². The predicted molar refractivity (Wildman–Crippen MR) is 89.1 cm³/mol. The Morgan fingerprint density at radius 2 is 2.05 bits per heavy atom. The molecule has 0 unspecified atom stereocenters. The van der Waals surface area contributed by atoms with Gasteiger partial charge in [0, 0.05) is 17.2 Å².